The number of hydrogen-bond donors (Lipinski definition) is 1. The predicted octanol–water partition coefficient (Wildman–Crippen LogP) is 1.28. The van der Waals surface area contributed by atoms with Gasteiger partial charge < -0.3 is 14.8 Å². The van der Waals surface area contributed by atoms with Gasteiger partial charge in [-0.3, -0.25) is 4.40 Å². The van der Waals surface area contributed by atoms with E-state index < -0.39 is 5.97 Å². The van der Waals surface area contributed by atoms with Crippen LogP contribution in [-0.2, 0) is 11.2 Å². The second-order valence-electron chi connectivity index (χ2n) is 4.55. The van der Waals surface area contributed by atoms with Gasteiger partial charge in [0.1, 0.15) is 5.82 Å². The lowest BCUT2D eigenvalue weighted by Gasteiger charge is -2.11. The highest BCUT2D eigenvalue weighted by molar-refractivity contribution is 5.95. The number of aromatic nitrogens is 2. The first-order valence-corrected chi connectivity index (χ1v) is 6.42. The van der Waals surface area contributed by atoms with Gasteiger partial charge in [-0.15, -0.1) is 0 Å². The molecule has 0 amide bonds. The van der Waals surface area contributed by atoms with Crippen LogP contribution < -0.4 is 10.1 Å². The van der Waals surface area contributed by atoms with Gasteiger partial charge in [-0.2, -0.15) is 0 Å². The van der Waals surface area contributed by atoms with Crippen LogP contribution in [0.3, 0.4) is 0 Å². The van der Waals surface area contributed by atoms with Crippen molar-refractivity contribution in [2.75, 3.05) is 21.3 Å². The minimum Gasteiger partial charge on any atom is -0.482 e. The minimum atomic E-state index is -0.445. The van der Waals surface area contributed by atoms with Gasteiger partial charge in [-0.25, -0.2) is 9.78 Å². The van der Waals surface area contributed by atoms with E-state index in [-0.39, 0.29) is 6.04 Å². The topological polar surface area (TPSA) is 64.9 Å². The van der Waals surface area contributed by atoms with E-state index in [9.17, 15) is 4.79 Å². The number of esters is 1. The Morgan fingerprint density at radius 1 is 1.45 bits per heavy atom. The summed E-state index contributed by atoms with van der Waals surface area (Å²) < 4.78 is 12.0. The third-order valence-electron chi connectivity index (χ3n) is 3.27. The molecule has 0 saturated carbocycles. The SMILES string of the molecule is CNC(C)Cc1nc(C(=O)OC)c2cccc(OC)n12. The van der Waals surface area contributed by atoms with Crippen LogP contribution >= 0.6 is 0 Å². The molecule has 0 aliphatic heterocycles. The van der Waals surface area contributed by atoms with Gasteiger partial charge in [0.2, 0.25) is 0 Å². The third-order valence-corrected chi connectivity index (χ3v) is 3.27. The largest absolute Gasteiger partial charge is 0.482 e. The molecule has 1 N–H and O–H groups in total. The molecule has 0 aliphatic rings. The lowest BCUT2D eigenvalue weighted by atomic mass is 10.2. The molecule has 2 aromatic heterocycles. The number of imidazole rings is 1. The average Bonchev–Trinajstić information content (AvgIpc) is 2.85. The Hall–Kier alpha value is -2.08. The van der Waals surface area contributed by atoms with Crippen LogP contribution in [0.2, 0.25) is 0 Å². The molecule has 1 atom stereocenters. The third kappa shape index (κ3) is 2.46. The van der Waals surface area contributed by atoms with Crippen molar-refractivity contribution in [1.29, 1.82) is 0 Å². The fourth-order valence-corrected chi connectivity index (χ4v) is 2.10. The van der Waals surface area contributed by atoms with Crippen LogP contribution in [0.5, 0.6) is 5.88 Å². The van der Waals surface area contributed by atoms with Crippen LogP contribution in [0.4, 0.5) is 0 Å². The van der Waals surface area contributed by atoms with Crippen LogP contribution in [0, 0.1) is 0 Å². The van der Waals surface area contributed by atoms with E-state index in [1.807, 2.05) is 36.6 Å². The number of carbonyl (C=O) groups excluding carboxylic acids is 1. The molecular weight excluding hydrogens is 258 g/mol. The normalized spacial score (nSPS) is 12.4. The molecule has 0 radical (unpaired) electrons. The monoisotopic (exact) mass is 277 g/mol. The summed E-state index contributed by atoms with van der Waals surface area (Å²) in [6.07, 6.45) is 0.676. The predicted molar refractivity (Wildman–Crippen MR) is 75.3 cm³/mol. The molecule has 6 heteroatoms. The average molecular weight is 277 g/mol. The first-order chi connectivity index (χ1) is 9.62. The van der Waals surface area contributed by atoms with Gasteiger partial charge in [0.25, 0.3) is 0 Å². The Morgan fingerprint density at radius 3 is 2.80 bits per heavy atom. The maximum atomic E-state index is 11.8. The summed E-state index contributed by atoms with van der Waals surface area (Å²) in [4.78, 5) is 16.3. The van der Waals surface area contributed by atoms with Gasteiger partial charge in [0.15, 0.2) is 11.6 Å². The summed E-state index contributed by atoms with van der Waals surface area (Å²) >= 11 is 0. The molecule has 20 heavy (non-hydrogen) atoms. The van der Waals surface area contributed by atoms with Crippen molar-refractivity contribution in [2.45, 2.75) is 19.4 Å². The number of rotatable bonds is 5. The maximum Gasteiger partial charge on any atom is 0.358 e. The van der Waals surface area contributed by atoms with Crippen molar-refractivity contribution in [3.8, 4) is 5.88 Å². The number of likely N-dealkylation sites (N-methyl/N-ethyl adjacent to an activating group) is 1. The van der Waals surface area contributed by atoms with Gasteiger partial charge in [0.05, 0.1) is 19.7 Å². The molecule has 0 fully saturated rings. The van der Waals surface area contributed by atoms with Crippen molar-refractivity contribution in [3.05, 3.63) is 29.7 Å². The van der Waals surface area contributed by atoms with E-state index in [0.29, 0.717) is 23.5 Å². The molecule has 6 nitrogen and oxygen atoms in total. The summed E-state index contributed by atoms with van der Waals surface area (Å²) in [5.41, 5.74) is 0.999. The Labute approximate surface area is 117 Å². The van der Waals surface area contributed by atoms with Crippen LogP contribution in [0.25, 0.3) is 5.52 Å². The molecule has 2 aromatic rings. The molecule has 108 valence electrons. The number of ether oxygens (including phenoxy) is 2. The molecule has 2 rings (SSSR count). The van der Waals surface area contributed by atoms with E-state index in [1.165, 1.54) is 7.11 Å². The van der Waals surface area contributed by atoms with Crippen molar-refractivity contribution < 1.29 is 14.3 Å². The van der Waals surface area contributed by atoms with E-state index in [1.54, 1.807) is 7.11 Å². The molecular formula is C14H19N3O3. The number of carbonyl (C=O) groups is 1. The van der Waals surface area contributed by atoms with E-state index in [4.69, 9.17) is 9.47 Å². The molecule has 2 heterocycles. The Bertz CT molecular complexity index is 621. The first kappa shape index (κ1) is 14.3. The quantitative estimate of drug-likeness (QED) is 0.834. The zero-order valence-corrected chi connectivity index (χ0v) is 12.1. The lowest BCUT2D eigenvalue weighted by Crippen LogP contribution is -2.24. The van der Waals surface area contributed by atoms with Gasteiger partial charge >= 0.3 is 5.97 Å². The lowest BCUT2D eigenvalue weighted by molar-refractivity contribution is 0.0597. The smallest absolute Gasteiger partial charge is 0.358 e. The Balaban J connectivity index is 2.63. The van der Waals surface area contributed by atoms with Crippen LogP contribution in [0.1, 0.15) is 23.2 Å². The number of nitrogens with zero attached hydrogens (tertiary/aromatic N) is 2. The van der Waals surface area contributed by atoms with E-state index >= 15 is 0 Å². The van der Waals surface area contributed by atoms with Crippen molar-refractivity contribution in [1.82, 2.24) is 14.7 Å². The fourth-order valence-electron chi connectivity index (χ4n) is 2.10. The zero-order valence-electron chi connectivity index (χ0n) is 12.1. The minimum absolute atomic E-state index is 0.232. The van der Waals surface area contributed by atoms with Crippen molar-refractivity contribution in [2.24, 2.45) is 0 Å². The summed E-state index contributed by atoms with van der Waals surface area (Å²) in [6.45, 7) is 2.05. The summed E-state index contributed by atoms with van der Waals surface area (Å²) in [5.74, 6) is 0.960. The first-order valence-electron chi connectivity index (χ1n) is 6.42. The van der Waals surface area contributed by atoms with Gasteiger partial charge in [0, 0.05) is 12.5 Å². The van der Waals surface area contributed by atoms with Crippen LogP contribution in [0.15, 0.2) is 18.2 Å². The molecule has 0 spiro atoms. The Morgan fingerprint density at radius 2 is 2.20 bits per heavy atom. The number of pyridine rings is 1. The van der Waals surface area contributed by atoms with E-state index in [2.05, 4.69) is 10.3 Å². The fraction of sp³-hybridized carbons (Fsp3) is 0.429. The highest BCUT2D eigenvalue weighted by Crippen LogP contribution is 2.22. The molecule has 0 saturated heterocycles. The zero-order chi connectivity index (χ0) is 14.7. The van der Waals surface area contributed by atoms with Gasteiger partial charge in [-0.1, -0.05) is 6.07 Å². The number of nitrogens with one attached hydrogen (secondary N) is 1. The summed E-state index contributed by atoms with van der Waals surface area (Å²) in [6, 6.07) is 5.72. The summed E-state index contributed by atoms with van der Waals surface area (Å²) in [5, 5.41) is 3.16. The Kier molecular flexibility index (Phi) is 4.24. The van der Waals surface area contributed by atoms with Crippen molar-refractivity contribution >= 4 is 11.5 Å². The molecule has 0 aliphatic carbocycles. The standard InChI is InChI=1S/C14H19N3O3/c1-9(15-2)8-11-16-13(14(18)20-4)10-6-5-7-12(19-3)17(10)11/h5-7,9,15H,8H2,1-4H3. The maximum absolute atomic E-state index is 11.8. The second kappa shape index (κ2) is 5.92. The molecule has 0 bridgehead atoms. The van der Waals surface area contributed by atoms with Gasteiger partial charge in [-0.05, 0) is 26.1 Å². The number of hydrogen-bond acceptors (Lipinski definition) is 5. The van der Waals surface area contributed by atoms with Crippen molar-refractivity contribution in [3.63, 3.8) is 0 Å². The second-order valence-corrected chi connectivity index (χ2v) is 4.55. The highest BCUT2D eigenvalue weighted by atomic mass is 16.5. The number of fused-ring (bicyclic) bond motifs is 1. The number of methoxy groups -OCH3 is 2. The van der Waals surface area contributed by atoms with Crippen LogP contribution in [-0.4, -0.2) is 42.7 Å². The molecule has 0 aromatic carbocycles. The molecule has 1 unspecified atom stereocenters. The summed E-state index contributed by atoms with van der Waals surface area (Å²) in [7, 11) is 4.83. The van der Waals surface area contributed by atoms with E-state index in [0.717, 1.165) is 5.82 Å². The highest BCUT2D eigenvalue weighted by Gasteiger charge is 2.20.